The van der Waals surface area contributed by atoms with E-state index in [4.69, 9.17) is 0 Å². The summed E-state index contributed by atoms with van der Waals surface area (Å²) in [5.74, 6) is 0.398. The van der Waals surface area contributed by atoms with Crippen LogP contribution in [0, 0.1) is 0 Å². The number of anilines is 2. The number of nitrogens with one attached hydrogen (secondary N) is 4. The van der Waals surface area contributed by atoms with Crippen LogP contribution in [0.3, 0.4) is 0 Å². The summed E-state index contributed by atoms with van der Waals surface area (Å²) in [5, 5.41) is 14.9. The number of amides is 3. The Balaban J connectivity index is 1.12. The molecule has 0 aliphatic carbocycles. The summed E-state index contributed by atoms with van der Waals surface area (Å²) in [6.07, 6.45) is 2.76. The first-order valence-electron chi connectivity index (χ1n) is 12.1. The zero-order valence-corrected chi connectivity index (χ0v) is 19.9. The third-order valence-corrected chi connectivity index (χ3v) is 6.59. The Hall–Kier alpha value is -3.85. The fraction of sp³-hybridized carbons (Fsp3) is 0.346. The van der Waals surface area contributed by atoms with E-state index in [1.165, 1.54) is 18.5 Å². The molecule has 1 atom stereocenters. The number of urea groups is 1. The molecule has 3 amide bonds. The van der Waals surface area contributed by atoms with Gasteiger partial charge in [0.1, 0.15) is 0 Å². The molecule has 1 saturated heterocycles. The summed E-state index contributed by atoms with van der Waals surface area (Å²) in [5.41, 5.74) is 7.86. The molecule has 0 saturated carbocycles. The number of rotatable bonds is 7. The van der Waals surface area contributed by atoms with Gasteiger partial charge in [-0.15, -0.1) is 0 Å². The number of aromatic nitrogens is 2. The van der Waals surface area contributed by atoms with Gasteiger partial charge in [0.2, 0.25) is 5.91 Å². The van der Waals surface area contributed by atoms with Crippen LogP contribution in [0.15, 0.2) is 54.6 Å². The second-order valence-corrected chi connectivity index (χ2v) is 9.19. The third kappa shape index (κ3) is 5.46. The highest BCUT2D eigenvalue weighted by Crippen LogP contribution is 2.26. The van der Waals surface area contributed by atoms with Gasteiger partial charge in [-0.3, -0.25) is 15.3 Å². The fourth-order valence-corrected chi connectivity index (χ4v) is 4.68. The van der Waals surface area contributed by atoms with Crippen LogP contribution in [0.25, 0.3) is 0 Å². The molecule has 0 spiro atoms. The zero-order valence-electron chi connectivity index (χ0n) is 19.9. The van der Waals surface area contributed by atoms with Gasteiger partial charge in [-0.2, -0.15) is 5.10 Å². The molecule has 0 radical (unpaired) electrons. The van der Waals surface area contributed by atoms with Gasteiger partial charge in [-0.1, -0.05) is 42.5 Å². The van der Waals surface area contributed by atoms with Gasteiger partial charge in [-0.25, -0.2) is 9.80 Å². The van der Waals surface area contributed by atoms with Crippen LogP contribution in [-0.2, 0) is 24.3 Å². The fourth-order valence-electron chi connectivity index (χ4n) is 4.68. The molecule has 1 aromatic heterocycles. The van der Waals surface area contributed by atoms with E-state index in [1.54, 1.807) is 5.01 Å². The summed E-state index contributed by atoms with van der Waals surface area (Å²) >= 11 is 0. The monoisotopic (exact) mass is 473 g/mol. The number of H-pyrrole nitrogens is 1. The molecular weight excluding hydrogens is 442 g/mol. The molecule has 2 aromatic carbocycles. The molecule has 2 aliphatic heterocycles. The van der Waals surface area contributed by atoms with Crippen LogP contribution in [0.2, 0.25) is 0 Å². The quantitative estimate of drug-likeness (QED) is 0.421. The molecule has 3 aromatic rings. The third-order valence-electron chi connectivity index (χ3n) is 6.59. The minimum Gasteiger partial charge on any atom is -0.372 e. The number of hydrogen-bond acceptors (Lipinski definition) is 5. The summed E-state index contributed by atoms with van der Waals surface area (Å²) in [6, 6.07) is 17.6. The Morgan fingerprint density at radius 3 is 2.51 bits per heavy atom. The maximum absolute atomic E-state index is 12.7. The standard InChI is InChI=1S/C26H31N7O2/c1-18(20-7-3-2-4-8-20)27-26(35)31-33-16-22-23(17-33)29-30-25(22)28-24(34)15-19-9-11-21(12-10-19)32-13-5-6-14-32/h2-4,7-12,18H,5-6,13-17H2,1H3,(H2,27,31,35)(H2,28,29,30,34). The predicted octanol–water partition coefficient (Wildman–Crippen LogP) is 3.48. The molecule has 2 aliphatic rings. The molecule has 0 bridgehead atoms. The molecule has 35 heavy (non-hydrogen) atoms. The van der Waals surface area contributed by atoms with Gasteiger partial charge in [0.05, 0.1) is 24.7 Å². The number of carbonyl (C=O) groups is 2. The van der Waals surface area contributed by atoms with Crippen LogP contribution in [-0.4, -0.2) is 40.2 Å². The predicted molar refractivity (Wildman–Crippen MR) is 135 cm³/mol. The van der Waals surface area contributed by atoms with Crippen molar-refractivity contribution in [2.45, 2.75) is 45.3 Å². The van der Waals surface area contributed by atoms with Crippen molar-refractivity contribution in [3.05, 3.63) is 77.0 Å². The van der Waals surface area contributed by atoms with Crippen LogP contribution in [0.4, 0.5) is 16.3 Å². The van der Waals surface area contributed by atoms with Gasteiger partial charge in [0.25, 0.3) is 0 Å². The number of nitrogens with zero attached hydrogens (tertiary/aromatic N) is 3. The lowest BCUT2D eigenvalue weighted by Gasteiger charge is -2.20. The second-order valence-electron chi connectivity index (χ2n) is 9.19. The SMILES string of the molecule is CC(NC(=O)NN1Cc2[nH]nc(NC(=O)Cc3ccc(N4CCCC4)cc3)c2C1)c1ccccc1. The van der Waals surface area contributed by atoms with Crippen molar-refractivity contribution in [2.75, 3.05) is 23.3 Å². The molecule has 1 fully saturated rings. The Morgan fingerprint density at radius 1 is 1.03 bits per heavy atom. The highest BCUT2D eigenvalue weighted by atomic mass is 16.2. The summed E-state index contributed by atoms with van der Waals surface area (Å²) in [7, 11) is 0. The summed E-state index contributed by atoms with van der Waals surface area (Å²) < 4.78 is 0. The smallest absolute Gasteiger partial charge is 0.329 e. The van der Waals surface area contributed by atoms with E-state index in [1.807, 2.05) is 49.4 Å². The highest BCUT2D eigenvalue weighted by molar-refractivity contribution is 5.92. The number of aromatic amines is 1. The molecule has 9 nitrogen and oxygen atoms in total. The minimum absolute atomic E-state index is 0.113. The first-order chi connectivity index (χ1) is 17.0. The lowest BCUT2D eigenvalue weighted by atomic mass is 10.1. The van der Waals surface area contributed by atoms with Gasteiger partial charge in [0, 0.05) is 30.9 Å². The minimum atomic E-state index is -0.276. The van der Waals surface area contributed by atoms with Crippen molar-refractivity contribution in [1.29, 1.82) is 0 Å². The van der Waals surface area contributed by atoms with Crippen molar-refractivity contribution in [3.63, 3.8) is 0 Å². The topological polar surface area (TPSA) is 105 Å². The van der Waals surface area contributed by atoms with Crippen molar-refractivity contribution in [2.24, 2.45) is 0 Å². The van der Waals surface area contributed by atoms with Gasteiger partial charge >= 0.3 is 6.03 Å². The molecule has 4 N–H and O–H groups in total. The maximum atomic E-state index is 12.7. The van der Waals surface area contributed by atoms with E-state index in [-0.39, 0.29) is 24.4 Å². The van der Waals surface area contributed by atoms with Crippen LogP contribution >= 0.6 is 0 Å². The lowest BCUT2D eigenvalue weighted by Crippen LogP contribution is -2.45. The Bertz CT molecular complexity index is 1170. The van der Waals surface area contributed by atoms with E-state index >= 15 is 0 Å². The number of carbonyl (C=O) groups excluding carboxylic acids is 2. The van der Waals surface area contributed by atoms with E-state index < -0.39 is 0 Å². The molecule has 9 heteroatoms. The van der Waals surface area contributed by atoms with E-state index in [2.05, 4.69) is 43.3 Å². The largest absolute Gasteiger partial charge is 0.372 e. The first kappa shape index (κ1) is 22.9. The van der Waals surface area contributed by atoms with Gasteiger partial charge in [0.15, 0.2) is 5.82 Å². The van der Waals surface area contributed by atoms with Crippen molar-refractivity contribution < 1.29 is 9.59 Å². The maximum Gasteiger partial charge on any atom is 0.329 e. The summed E-state index contributed by atoms with van der Waals surface area (Å²) in [6.45, 7) is 5.09. The average molecular weight is 474 g/mol. The molecule has 3 heterocycles. The van der Waals surface area contributed by atoms with Crippen molar-refractivity contribution >= 4 is 23.4 Å². The number of fused-ring (bicyclic) bond motifs is 1. The number of hydrogen-bond donors (Lipinski definition) is 4. The van der Waals surface area contributed by atoms with Crippen LogP contribution in [0.5, 0.6) is 0 Å². The average Bonchev–Trinajstić information content (AvgIpc) is 3.60. The van der Waals surface area contributed by atoms with E-state index in [0.29, 0.717) is 18.9 Å². The number of benzene rings is 2. The second kappa shape index (κ2) is 10.2. The molecule has 1 unspecified atom stereocenters. The Labute approximate surface area is 204 Å². The van der Waals surface area contributed by atoms with Gasteiger partial charge in [-0.05, 0) is 43.0 Å². The number of hydrazine groups is 1. The Morgan fingerprint density at radius 2 is 1.77 bits per heavy atom. The zero-order chi connectivity index (χ0) is 24.2. The first-order valence-corrected chi connectivity index (χ1v) is 12.1. The molecule has 5 rings (SSSR count). The highest BCUT2D eigenvalue weighted by Gasteiger charge is 2.27. The normalized spacial score (nSPS) is 16.1. The summed E-state index contributed by atoms with van der Waals surface area (Å²) in [4.78, 5) is 27.5. The van der Waals surface area contributed by atoms with Gasteiger partial charge < -0.3 is 15.5 Å². The Kier molecular flexibility index (Phi) is 6.67. The van der Waals surface area contributed by atoms with Crippen LogP contribution in [0.1, 0.15) is 48.2 Å². The van der Waals surface area contributed by atoms with Crippen molar-refractivity contribution in [1.82, 2.24) is 25.9 Å². The van der Waals surface area contributed by atoms with Crippen LogP contribution < -0.4 is 21.0 Å². The molecule has 182 valence electrons. The molecular formula is C26H31N7O2. The van der Waals surface area contributed by atoms with Crippen molar-refractivity contribution in [3.8, 4) is 0 Å². The van der Waals surface area contributed by atoms with E-state index in [0.717, 1.165) is 35.5 Å². The lowest BCUT2D eigenvalue weighted by molar-refractivity contribution is -0.115. The van der Waals surface area contributed by atoms with E-state index in [9.17, 15) is 9.59 Å².